The van der Waals surface area contributed by atoms with E-state index < -0.39 is 36.4 Å². The van der Waals surface area contributed by atoms with E-state index in [1.807, 2.05) is 60.7 Å². The van der Waals surface area contributed by atoms with Crippen LogP contribution >= 0.6 is 0 Å². The van der Waals surface area contributed by atoms with Gasteiger partial charge in [0.25, 0.3) is 5.91 Å². The molecule has 40 heavy (non-hydrogen) atoms. The number of hydrogen-bond acceptors (Lipinski definition) is 10. The Morgan fingerprint density at radius 1 is 1.02 bits per heavy atom. The summed E-state index contributed by atoms with van der Waals surface area (Å²) in [6.07, 6.45) is -4.07. The number of amides is 1. The van der Waals surface area contributed by atoms with Crippen molar-refractivity contribution in [3.05, 3.63) is 83.9 Å². The second-order valence-corrected chi connectivity index (χ2v) is 9.29. The monoisotopic (exact) mass is 546 g/mol. The zero-order valence-electron chi connectivity index (χ0n) is 22.0. The van der Waals surface area contributed by atoms with Crippen LogP contribution < -0.4 is 10.6 Å². The zero-order valence-corrected chi connectivity index (χ0v) is 22.0. The quantitative estimate of drug-likeness (QED) is 0.227. The summed E-state index contributed by atoms with van der Waals surface area (Å²) in [5.74, 6) is -1.34. The Bertz CT molecular complexity index is 1440. The maximum atomic E-state index is 12.5. The van der Waals surface area contributed by atoms with Gasteiger partial charge < -0.3 is 30.3 Å². The molecule has 0 bridgehead atoms. The third-order valence-electron chi connectivity index (χ3n) is 6.79. The molecule has 4 atom stereocenters. The van der Waals surface area contributed by atoms with Gasteiger partial charge in [-0.15, -0.1) is 0 Å². The summed E-state index contributed by atoms with van der Waals surface area (Å²) in [6, 6.07) is 20.0. The number of aliphatic hydroxyl groups is 2. The van der Waals surface area contributed by atoms with Gasteiger partial charge in [-0.2, -0.15) is 0 Å². The number of anilines is 1. The number of aliphatic hydroxyl groups excluding tert-OH is 2. The second-order valence-electron chi connectivity index (χ2n) is 9.29. The lowest BCUT2D eigenvalue weighted by atomic mass is 9.91. The van der Waals surface area contributed by atoms with Gasteiger partial charge in [0.2, 0.25) is 5.82 Å². The summed E-state index contributed by atoms with van der Waals surface area (Å²) in [4.78, 5) is 38.0. The van der Waals surface area contributed by atoms with Gasteiger partial charge >= 0.3 is 5.97 Å². The average molecular weight is 547 g/mol. The van der Waals surface area contributed by atoms with Crippen LogP contribution in [0.1, 0.15) is 40.8 Å². The molecule has 4 N–H and O–H groups in total. The Balaban J connectivity index is 1.51. The van der Waals surface area contributed by atoms with Gasteiger partial charge in [0, 0.05) is 19.0 Å². The van der Waals surface area contributed by atoms with Gasteiger partial charge in [0.15, 0.2) is 29.3 Å². The number of fused-ring (bicyclic) bond motifs is 1. The highest BCUT2D eigenvalue weighted by atomic mass is 16.6. The van der Waals surface area contributed by atoms with Crippen molar-refractivity contribution in [3.8, 4) is 0 Å². The lowest BCUT2D eigenvalue weighted by Crippen LogP contribution is -2.42. The van der Waals surface area contributed by atoms with Crippen molar-refractivity contribution >= 4 is 28.9 Å². The first-order valence-electron chi connectivity index (χ1n) is 12.9. The Kier molecular flexibility index (Phi) is 8.01. The van der Waals surface area contributed by atoms with Gasteiger partial charge in [-0.1, -0.05) is 60.7 Å². The Labute approximate surface area is 230 Å². The number of ether oxygens (including phenoxy) is 2. The molecular formula is C28H30N6O6. The first-order valence-corrected chi connectivity index (χ1v) is 12.9. The SMILES string of the molecule is CCNC(=O)[C@H]1O[C@@H](n2cnc3c(NCC(c4ccccc4)c4ccccc4)nc(C(=O)OC)nc32)[C@@H](O)[C@@H]1O. The third-order valence-corrected chi connectivity index (χ3v) is 6.79. The molecule has 1 fully saturated rings. The number of benzene rings is 2. The first kappa shape index (κ1) is 27.2. The number of likely N-dealkylation sites (N-methyl/N-ethyl adjacent to an activating group) is 1. The van der Waals surface area contributed by atoms with Crippen molar-refractivity contribution < 1.29 is 29.3 Å². The van der Waals surface area contributed by atoms with Crippen LogP contribution in [-0.4, -0.2) is 80.1 Å². The number of hydrogen-bond donors (Lipinski definition) is 4. The van der Waals surface area contributed by atoms with Gasteiger partial charge in [-0.25, -0.2) is 19.7 Å². The number of nitrogens with zero attached hydrogens (tertiary/aromatic N) is 4. The van der Waals surface area contributed by atoms with Gasteiger partial charge in [0.1, 0.15) is 12.2 Å². The molecule has 0 aliphatic carbocycles. The number of esters is 1. The van der Waals surface area contributed by atoms with E-state index in [2.05, 4.69) is 25.6 Å². The van der Waals surface area contributed by atoms with Crippen molar-refractivity contribution in [2.75, 3.05) is 25.5 Å². The molecule has 2 aromatic carbocycles. The Morgan fingerprint density at radius 2 is 1.68 bits per heavy atom. The number of carbonyl (C=O) groups excluding carboxylic acids is 2. The summed E-state index contributed by atoms with van der Waals surface area (Å²) < 4.78 is 12.0. The smallest absolute Gasteiger partial charge is 0.376 e. The Morgan fingerprint density at radius 3 is 2.27 bits per heavy atom. The van der Waals surface area contributed by atoms with Crippen LogP contribution in [0.25, 0.3) is 11.2 Å². The molecule has 1 saturated heterocycles. The van der Waals surface area contributed by atoms with E-state index in [4.69, 9.17) is 9.47 Å². The molecule has 208 valence electrons. The molecule has 0 spiro atoms. The van der Waals surface area contributed by atoms with Crippen LogP contribution in [0.3, 0.4) is 0 Å². The maximum absolute atomic E-state index is 12.5. The van der Waals surface area contributed by atoms with Crippen LogP contribution in [0, 0.1) is 0 Å². The number of methoxy groups -OCH3 is 1. The van der Waals surface area contributed by atoms with E-state index in [9.17, 15) is 19.8 Å². The van der Waals surface area contributed by atoms with Crippen molar-refractivity contribution in [3.63, 3.8) is 0 Å². The summed E-state index contributed by atoms with van der Waals surface area (Å²) >= 11 is 0. The normalized spacial score (nSPS) is 20.5. The number of rotatable bonds is 9. The molecule has 12 heteroatoms. The summed E-state index contributed by atoms with van der Waals surface area (Å²) in [6.45, 7) is 2.47. The molecule has 0 radical (unpaired) electrons. The maximum Gasteiger partial charge on any atom is 0.376 e. The number of nitrogens with one attached hydrogen (secondary N) is 2. The molecule has 0 saturated carbocycles. The molecule has 4 aromatic rings. The standard InChI is InChI=1S/C28H30N6O6/c1-3-29-26(37)22-20(35)21(36)27(40-22)34-15-31-19-23(32-24(28(38)39-2)33-25(19)34)30-14-18(16-10-6-4-7-11-16)17-12-8-5-9-13-17/h4-13,15,18,20-22,27,35-36H,3,14H2,1-2H3,(H,29,37)(H,30,32,33)/t20-,21-,22-,27+/m0/s1. The highest BCUT2D eigenvalue weighted by molar-refractivity contribution is 5.91. The fourth-order valence-electron chi connectivity index (χ4n) is 4.79. The third kappa shape index (κ3) is 5.24. The summed E-state index contributed by atoms with van der Waals surface area (Å²) in [5, 5.41) is 27.1. The summed E-state index contributed by atoms with van der Waals surface area (Å²) in [5.41, 5.74) is 2.62. The fourth-order valence-corrected chi connectivity index (χ4v) is 4.79. The minimum absolute atomic E-state index is 0.0518. The first-order chi connectivity index (χ1) is 19.4. The number of aromatic nitrogens is 4. The lowest BCUT2D eigenvalue weighted by Gasteiger charge is -2.20. The fraction of sp³-hybridized carbons (Fsp3) is 0.321. The predicted octanol–water partition coefficient (Wildman–Crippen LogP) is 1.61. The average Bonchev–Trinajstić information content (AvgIpc) is 3.54. The molecule has 12 nitrogen and oxygen atoms in total. The molecule has 1 aliphatic heterocycles. The lowest BCUT2D eigenvalue weighted by molar-refractivity contribution is -0.137. The molecular weight excluding hydrogens is 516 g/mol. The zero-order chi connectivity index (χ0) is 28.2. The van der Waals surface area contributed by atoms with Crippen LogP contribution in [0.15, 0.2) is 67.0 Å². The second kappa shape index (κ2) is 11.8. The molecule has 5 rings (SSSR count). The highest BCUT2D eigenvalue weighted by Crippen LogP contribution is 2.33. The van der Waals surface area contributed by atoms with Crippen molar-refractivity contribution in [2.45, 2.75) is 37.4 Å². The minimum atomic E-state index is -1.48. The number of carbonyl (C=O) groups is 2. The predicted molar refractivity (Wildman–Crippen MR) is 144 cm³/mol. The van der Waals surface area contributed by atoms with E-state index in [0.29, 0.717) is 18.6 Å². The van der Waals surface area contributed by atoms with Crippen molar-refractivity contribution in [2.24, 2.45) is 0 Å². The molecule has 1 amide bonds. The van der Waals surface area contributed by atoms with Crippen LogP contribution in [0.5, 0.6) is 0 Å². The minimum Gasteiger partial charge on any atom is -0.463 e. The van der Waals surface area contributed by atoms with E-state index in [-0.39, 0.29) is 23.2 Å². The van der Waals surface area contributed by atoms with Crippen molar-refractivity contribution in [1.29, 1.82) is 0 Å². The van der Waals surface area contributed by atoms with E-state index in [1.165, 1.54) is 18.0 Å². The highest BCUT2D eigenvalue weighted by Gasteiger charge is 2.47. The topological polar surface area (TPSA) is 161 Å². The van der Waals surface area contributed by atoms with Crippen LogP contribution in [-0.2, 0) is 14.3 Å². The van der Waals surface area contributed by atoms with E-state index in [0.717, 1.165) is 11.1 Å². The van der Waals surface area contributed by atoms with E-state index >= 15 is 0 Å². The Hall–Kier alpha value is -4.39. The molecule has 2 aromatic heterocycles. The number of imidazole rings is 1. The molecule has 1 aliphatic rings. The summed E-state index contributed by atoms with van der Waals surface area (Å²) in [7, 11) is 1.22. The van der Waals surface area contributed by atoms with E-state index in [1.54, 1.807) is 6.92 Å². The molecule has 3 heterocycles. The van der Waals surface area contributed by atoms with Gasteiger partial charge in [0.05, 0.1) is 13.4 Å². The van der Waals surface area contributed by atoms with Crippen molar-refractivity contribution in [1.82, 2.24) is 24.8 Å². The van der Waals surface area contributed by atoms with Crippen LogP contribution in [0.2, 0.25) is 0 Å². The van der Waals surface area contributed by atoms with Gasteiger partial charge in [-0.05, 0) is 18.1 Å². The molecule has 0 unspecified atom stereocenters. The van der Waals surface area contributed by atoms with Gasteiger partial charge in [-0.3, -0.25) is 9.36 Å². The van der Waals surface area contributed by atoms with Crippen LogP contribution in [0.4, 0.5) is 5.82 Å². The largest absolute Gasteiger partial charge is 0.463 e.